The number of fused-ring (bicyclic) bond motifs is 1. The Morgan fingerprint density at radius 2 is 1.82 bits per heavy atom. The van der Waals surface area contributed by atoms with Gasteiger partial charge in [0.1, 0.15) is 23.2 Å². The summed E-state index contributed by atoms with van der Waals surface area (Å²) in [7, 11) is 1.57. The Kier molecular flexibility index (Phi) is 3.67. The number of aryl methyl sites for hydroxylation is 1. The molecule has 0 bridgehead atoms. The van der Waals surface area contributed by atoms with Crippen LogP contribution in [0.1, 0.15) is 16.7 Å². The molecule has 0 amide bonds. The second-order valence-corrected chi connectivity index (χ2v) is 4.96. The van der Waals surface area contributed by atoms with Gasteiger partial charge in [-0.2, -0.15) is 0 Å². The molecule has 0 N–H and O–H groups in total. The van der Waals surface area contributed by atoms with Crippen LogP contribution in [-0.2, 0) is 0 Å². The maximum atomic E-state index is 12.4. The minimum atomic E-state index is -0.136. The molecule has 0 fully saturated rings. The molecule has 22 heavy (non-hydrogen) atoms. The first-order valence-corrected chi connectivity index (χ1v) is 6.85. The van der Waals surface area contributed by atoms with Crippen LogP contribution < -0.4 is 10.2 Å². The molecule has 0 unspecified atom stereocenters. The highest BCUT2D eigenvalue weighted by molar-refractivity contribution is 5.79. The van der Waals surface area contributed by atoms with Gasteiger partial charge in [-0.15, -0.1) is 0 Å². The predicted molar refractivity (Wildman–Crippen MR) is 86.2 cm³/mol. The van der Waals surface area contributed by atoms with E-state index in [9.17, 15) is 4.79 Å². The summed E-state index contributed by atoms with van der Waals surface area (Å²) in [6.45, 7) is 2.02. The van der Waals surface area contributed by atoms with Crippen molar-refractivity contribution in [2.24, 2.45) is 0 Å². The van der Waals surface area contributed by atoms with Crippen molar-refractivity contribution in [3.63, 3.8) is 0 Å². The van der Waals surface area contributed by atoms with Crippen molar-refractivity contribution in [2.45, 2.75) is 6.92 Å². The van der Waals surface area contributed by atoms with E-state index in [0.717, 1.165) is 5.56 Å². The minimum absolute atomic E-state index is 0.136. The molecule has 108 valence electrons. The van der Waals surface area contributed by atoms with Crippen LogP contribution in [0.25, 0.3) is 11.0 Å². The van der Waals surface area contributed by atoms with E-state index in [0.29, 0.717) is 22.3 Å². The van der Waals surface area contributed by atoms with E-state index < -0.39 is 0 Å². The number of benzene rings is 2. The summed E-state index contributed by atoms with van der Waals surface area (Å²) in [5.41, 5.74) is 2.73. The second-order valence-electron chi connectivity index (χ2n) is 4.96. The highest BCUT2D eigenvalue weighted by Crippen LogP contribution is 2.18. The highest BCUT2D eigenvalue weighted by Gasteiger charge is 2.06. The molecule has 3 heteroatoms. The van der Waals surface area contributed by atoms with E-state index in [1.165, 1.54) is 11.8 Å². The Hall–Kier alpha value is -2.99. The average Bonchev–Trinajstić information content (AvgIpc) is 2.55. The second kappa shape index (κ2) is 5.79. The molecular formula is C19H14O3. The van der Waals surface area contributed by atoms with E-state index >= 15 is 0 Å². The highest BCUT2D eigenvalue weighted by atomic mass is 16.5. The number of ether oxygens (including phenoxy) is 1. The largest absolute Gasteiger partial charge is 0.497 e. The molecule has 0 aliphatic carbocycles. The summed E-state index contributed by atoms with van der Waals surface area (Å²) in [5, 5.41) is 0.497. The standard InChI is InChI=1S/C19H14O3/c1-13-3-5-14(6-4-13)7-8-15-12-22-18-11-16(21-2)9-10-17(18)19(15)20/h3-6,9-12H,1-2H3. The summed E-state index contributed by atoms with van der Waals surface area (Å²) in [5.74, 6) is 6.51. The van der Waals surface area contributed by atoms with Crippen molar-refractivity contribution >= 4 is 11.0 Å². The topological polar surface area (TPSA) is 39.4 Å². The zero-order valence-electron chi connectivity index (χ0n) is 12.3. The minimum Gasteiger partial charge on any atom is -0.497 e. The van der Waals surface area contributed by atoms with Crippen LogP contribution in [-0.4, -0.2) is 7.11 Å². The lowest BCUT2D eigenvalue weighted by Gasteiger charge is -2.01. The van der Waals surface area contributed by atoms with Crippen LogP contribution >= 0.6 is 0 Å². The van der Waals surface area contributed by atoms with Crippen LogP contribution in [0.5, 0.6) is 5.75 Å². The number of rotatable bonds is 1. The van der Waals surface area contributed by atoms with Gasteiger partial charge in [0.25, 0.3) is 0 Å². The molecule has 0 saturated heterocycles. The number of hydrogen-bond donors (Lipinski definition) is 0. The Morgan fingerprint density at radius 1 is 1.05 bits per heavy atom. The van der Waals surface area contributed by atoms with Crippen LogP contribution in [0, 0.1) is 18.8 Å². The van der Waals surface area contributed by atoms with Gasteiger partial charge in [0.05, 0.1) is 12.5 Å². The predicted octanol–water partition coefficient (Wildman–Crippen LogP) is 3.51. The molecule has 0 spiro atoms. The molecule has 0 aliphatic rings. The van der Waals surface area contributed by atoms with Gasteiger partial charge in [0.2, 0.25) is 5.43 Å². The molecule has 0 aliphatic heterocycles. The summed E-state index contributed by atoms with van der Waals surface area (Å²) >= 11 is 0. The fourth-order valence-electron chi connectivity index (χ4n) is 2.10. The van der Waals surface area contributed by atoms with E-state index in [1.54, 1.807) is 25.3 Å². The van der Waals surface area contributed by atoms with Crippen molar-refractivity contribution in [3.05, 3.63) is 75.6 Å². The Morgan fingerprint density at radius 3 is 2.55 bits per heavy atom. The molecule has 1 aromatic heterocycles. The summed E-state index contributed by atoms with van der Waals surface area (Å²) in [6, 6.07) is 12.9. The van der Waals surface area contributed by atoms with Crippen molar-refractivity contribution < 1.29 is 9.15 Å². The molecule has 0 radical (unpaired) electrons. The lowest BCUT2D eigenvalue weighted by Crippen LogP contribution is -2.05. The zero-order valence-corrected chi connectivity index (χ0v) is 12.3. The van der Waals surface area contributed by atoms with Gasteiger partial charge in [0, 0.05) is 11.6 Å². The quantitative estimate of drug-likeness (QED) is 0.644. The van der Waals surface area contributed by atoms with Gasteiger partial charge >= 0.3 is 0 Å². The van der Waals surface area contributed by atoms with Crippen molar-refractivity contribution in [3.8, 4) is 17.6 Å². The lowest BCUT2D eigenvalue weighted by atomic mass is 10.1. The molecule has 2 aromatic carbocycles. The van der Waals surface area contributed by atoms with Crippen LogP contribution in [0.2, 0.25) is 0 Å². The third-order valence-corrected chi connectivity index (χ3v) is 3.37. The van der Waals surface area contributed by atoms with Gasteiger partial charge in [-0.3, -0.25) is 4.79 Å². The van der Waals surface area contributed by atoms with E-state index in [1.807, 2.05) is 31.2 Å². The molecule has 3 nitrogen and oxygen atoms in total. The molecule has 1 heterocycles. The van der Waals surface area contributed by atoms with Gasteiger partial charge < -0.3 is 9.15 Å². The Labute approximate surface area is 128 Å². The molecule has 0 saturated carbocycles. The first kappa shape index (κ1) is 14.0. The van der Waals surface area contributed by atoms with Crippen molar-refractivity contribution in [2.75, 3.05) is 7.11 Å². The molecule has 3 aromatic rings. The van der Waals surface area contributed by atoms with Crippen LogP contribution in [0.3, 0.4) is 0 Å². The van der Waals surface area contributed by atoms with Crippen molar-refractivity contribution in [1.29, 1.82) is 0 Å². The third kappa shape index (κ3) is 2.72. The summed E-state index contributed by atoms with van der Waals surface area (Å²) in [4.78, 5) is 12.4. The van der Waals surface area contributed by atoms with Crippen molar-refractivity contribution in [1.82, 2.24) is 0 Å². The van der Waals surface area contributed by atoms with E-state index in [4.69, 9.17) is 9.15 Å². The fourth-order valence-corrected chi connectivity index (χ4v) is 2.10. The SMILES string of the molecule is COc1ccc2c(=O)c(C#Cc3ccc(C)cc3)coc2c1. The smallest absolute Gasteiger partial charge is 0.208 e. The number of methoxy groups -OCH3 is 1. The first-order chi connectivity index (χ1) is 10.7. The fraction of sp³-hybridized carbons (Fsp3) is 0.105. The summed E-state index contributed by atoms with van der Waals surface area (Å²) < 4.78 is 10.6. The van der Waals surface area contributed by atoms with E-state index in [-0.39, 0.29) is 5.43 Å². The van der Waals surface area contributed by atoms with Crippen LogP contribution in [0.15, 0.2) is 57.9 Å². The van der Waals surface area contributed by atoms with E-state index in [2.05, 4.69) is 11.8 Å². The molecule has 0 atom stereocenters. The average molecular weight is 290 g/mol. The van der Waals surface area contributed by atoms with Gasteiger partial charge in [-0.1, -0.05) is 29.5 Å². The van der Waals surface area contributed by atoms with Gasteiger partial charge in [0.15, 0.2) is 0 Å². The maximum Gasteiger partial charge on any atom is 0.208 e. The Bertz CT molecular complexity index is 938. The molecule has 3 rings (SSSR count). The zero-order chi connectivity index (χ0) is 15.5. The normalized spacial score (nSPS) is 10.1. The monoisotopic (exact) mass is 290 g/mol. The summed E-state index contributed by atoms with van der Waals surface area (Å²) in [6.07, 6.45) is 1.39. The first-order valence-electron chi connectivity index (χ1n) is 6.85. The van der Waals surface area contributed by atoms with Gasteiger partial charge in [-0.05, 0) is 31.2 Å². The number of hydrogen-bond acceptors (Lipinski definition) is 3. The third-order valence-electron chi connectivity index (χ3n) is 3.37. The Balaban J connectivity index is 2.04. The maximum absolute atomic E-state index is 12.4. The lowest BCUT2D eigenvalue weighted by molar-refractivity contribution is 0.414. The van der Waals surface area contributed by atoms with Crippen LogP contribution in [0.4, 0.5) is 0 Å². The van der Waals surface area contributed by atoms with Gasteiger partial charge in [-0.25, -0.2) is 0 Å². The molecular weight excluding hydrogens is 276 g/mol.